The highest BCUT2D eigenvalue weighted by atomic mass is 32.2. The highest BCUT2D eigenvalue weighted by Crippen LogP contribution is 2.36. The van der Waals surface area contributed by atoms with Gasteiger partial charge in [-0.1, -0.05) is 54.2 Å². The van der Waals surface area contributed by atoms with Crippen LogP contribution in [0.5, 0.6) is 11.5 Å². The number of nitrogens with zero attached hydrogens (tertiary/aromatic N) is 3. The van der Waals surface area contributed by atoms with Gasteiger partial charge in [0.15, 0.2) is 17.8 Å². The summed E-state index contributed by atoms with van der Waals surface area (Å²) in [4.78, 5) is 0. The Morgan fingerprint density at radius 2 is 1.82 bits per heavy atom. The van der Waals surface area contributed by atoms with Crippen molar-refractivity contribution in [3.63, 3.8) is 0 Å². The molecule has 200 valence electrons. The largest absolute Gasteiger partial charge is 0.486 e. The van der Waals surface area contributed by atoms with E-state index in [9.17, 15) is 5.26 Å². The van der Waals surface area contributed by atoms with E-state index in [0.29, 0.717) is 53.6 Å². The van der Waals surface area contributed by atoms with Crippen LogP contribution in [0, 0.1) is 11.3 Å². The van der Waals surface area contributed by atoms with E-state index < -0.39 is 0 Å². The molecule has 1 aliphatic rings. The van der Waals surface area contributed by atoms with Crippen molar-refractivity contribution in [2.75, 3.05) is 33.9 Å². The number of ether oxygens (including phenoxy) is 4. The lowest BCUT2D eigenvalue weighted by Gasteiger charge is -2.27. The summed E-state index contributed by atoms with van der Waals surface area (Å²) < 4.78 is 28.3. The zero-order valence-electron chi connectivity index (χ0n) is 21.6. The molecule has 0 fully saturated rings. The predicted octanol–water partition coefficient (Wildman–Crippen LogP) is 4.92. The lowest BCUT2D eigenvalue weighted by molar-refractivity contribution is -0.0995. The molecule has 10 heteroatoms. The summed E-state index contributed by atoms with van der Waals surface area (Å²) in [6, 6.07) is 23.6. The second-order valence-corrected chi connectivity index (χ2v) is 9.71. The average Bonchev–Trinajstić information content (AvgIpc) is 3.47. The van der Waals surface area contributed by atoms with Gasteiger partial charge >= 0.3 is 0 Å². The van der Waals surface area contributed by atoms with E-state index >= 15 is 0 Å². The Morgan fingerprint density at radius 3 is 2.62 bits per heavy atom. The molecule has 4 aromatic rings. The van der Waals surface area contributed by atoms with Crippen molar-refractivity contribution in [2.45, 2.75) is 23.4 Å². The fourth-order valence-corrected chi connectivity index (χ4v) is 4.84. The number of nitrogens with one attached hydrogen (secondary N) is 1. The van der Waals surface area contributed by atoms with Crippen molar-refractivity contribution in [3.05, 3.63) is 77.9 Å². The van der Waals surface area contributed by atoms with Gasteiger partial charge in [0.25, 0.3) is 5.22 Å². The fourth-order valence-electron chi connectivity index (χ4n) is 4.12. The molecule has 0 saturated heterocycles. The monoisotopic (exact) mass is 544 g/mol. The Bertz CT molecular complexity index is 1430. The van der Waals surface area contributed by atoms with Crippen LogP contribution in [-0.2, 0) is 15.2 Å². The Kier molecular flexibility index (Phi) is 8.75. The quantitative estimate of drug-likeness (QED) is 0.206. The molecule has 0 spiro atoms. The van der Waals surface area contributed by atoms with Gasteiger partial charge in [0.05, 0.1) is 11.6 Å². The number of methoxy groups -OCH3 is 2. The molecule has 0 amide bonds. The van der Waals surface area contributed by atoms with E-state index in [-0.39, 0.29) is 12.4 Å². The van der Waals surface area contributed by atoms with Crippen molar-refractivity contribution < 1.29 is 23.4 Å². The Labute approximate surface area is 231 Å². The lowest BCUT2D eigenvalue weighted by atomic mass is 10.00. The summed E-state index contributed by atoms with van der Waals surface area (Å²) in [5.74, 6) is 2.39. The van der Waals surface area contributed by atoms with E-state index in [1.54, 1.807) is 14.2 Å². The van der Waals surface area contributed by atoms with Crippen LogP contribution >= 0.6 is 11.8 Å². The highest BCUT2D eigenvalue weighted by Gasteiger charge is 2.23. The third-order valence-electron chi connectivity index (χ3n) is 6.20. The normalized spacial score (nSPS) is 14.4. The molecule has 3 aromatic carbocycles. The summed E-state index contributed by atoms with van der Waals surface area (Å²) >= 11 is 1.47. The van der Waals surface area contributed by atoms with Crippen LogP contribution in [-0.4, -0.2) is 56.5 Å². The van der Waals surface area contributed by atoms with E-state index in [4.69, 9.17) is 23.4 Å². The topological polar surface area (TPSA) is 112 Å². The molecule has 39 heavy (non-hydrogen) atoms. The van der Waals surface area contributed by atoms with E-state index in [1.807, 2.05) is 66.7 Å². The average molecular weight is 545 g/mol. The zero-order valence-corrected chi connectivity index (χ0v) is 22.4. The number of hydrogen-bond acceptors (Lipinski definition) is 10. The SMILES string of the molecule is COC(CNCC1COc2ccc(-c3nnc(SCc4ccc(-c5ccccc5C#N)cc4)o3)cc2O1)OC. The van der Waals surface area contributed by atoms with Gasteiger partial charge in [0, 0.05) is 38.6 Å². The van der Waals surface area contributed by atoms with Gasteiger partial charge in [-0.25, -0.2) is 0 Å². The first-order valence-corrected chi connectivity index (χ1v) is 13.4. The molecule has 1 unspecified atom stereocenters. The molecule has 2 heterocycles. The van der Waals surface area contributed by atoms with Crippen molar-refractivity contribution in [1.82, 2.24) is 15.5 Å². The van der Waals surface area contributed by atoms with E-state index in [0.717, 1.165) is 22.3 Å². The van der Waals surface area contributed by atoms with Gasteiger partial charge in [0.2, 0.25) is 5.89 Å². The van der Waals surface area contributed by atoms with Gasteiger partial charge in [-0.3, -0.25) is 0 Å². The summed E-state index contributed by atoms with van der Waals surface area (Å²) in [6.45, 7) is 1.57. The number of fused-ring (bicyclic) bond motifs is 1. The smallest absolute Gasteiger partial charge is 0.277 e. The molecule has 9 nitrogen and oxygen atoms in total. The minimum absolute atomic E-state index is 0.157. The molecular weight excluding hydrogens is 516 g/mol. The molecule has 1 aromatic heterocycles. The standard InChI is InChI=1S/C29H28N4O5S/c1-34-27(35-2)16-31-15-23-17-36-25-12-11-21(13-26(25)37-23)28-32-33-29(38-28)39-18-19-7-9-20(10-8-19)24-6-4-3-5-22(24)14-30/h3-13,23,27,31H,15-18H2,1-2H3. The molecule has 0 radical (unpaired) electrons. The molecule has 1 N–H and O–H groups in total. The maximum atomic E-state index is 9.36. The highest BCUT2D eigenvalue weighted by molar-refractivity contribution is 7.98. The predicted molar refractivity (Wildman–Crippen MR) is 146 cm³/mol. The van der Waals surface area contributed by atoms with Crippen LogP contribution in [0.1, 0.15) is 11.1 Å². The third kappa shape index (κ3) is 6.58. The minimum atomic E-state index is -0.315. The van der Waals surface area contributed by atoms with Crippen molar-refractivity contribution in [2.24, 2.45) is 0 Å². The second kappa shape index (κ2) is 12.8. The molecule has 1 atom stereocenters. The Morgan fingerprint density at radius 1 is 1.03 bits per heavy atom. The number of benzene rings is 3. The first-order chi connectivity index (χ1) is 19.2. The molecular formula is C29H28N4O5S. The van der Waals surface area contributed by atoms with Gasteiger partial charge in [0.1, 0.15) is 12.7 Å². The molecule has 5 rings (SSSR count). The minimum Gasteiger partial charge on any atom is -0.486 e. The van der Waals surface area contributed by atoms with Gasteiger partial charge in [-0.2, -0.15) is 5.26 Å². The maximum absolute atomic E-state index is 9.36. The van der Waals surface area contributed by atoms with Crippen LogP contribution in [0.2, 0.25) is 0 Å². The number of thioether (sulfide) groups is 1. The van der Waals surface area contributed by atoms with Crippen molar-refractivity contribution >= 4 is 11.8 Å². The Hall–Kier alpha value is -3.88. The summed E-state index contributed by atoms with van der Waals surface area (Å²) in [5.41, 5.74) is 4.45. The van der Waals surface area contributed by atoms with Gasteiger partial charge in [-0.05, 0) is 41.0 Å². The summed E-state index contributed by atoms with van der Waals surface area (Å²) in [7, 11) is 3.20. The van der Waals surface area contributed by atoms with Crippen LogP contribution in [0.15, 0.2) is 76.4 Å². The summed E-state index contributed by atoms with van der Waals surface area (Å²) in [6.07, 6.45) is -0.472. The number of rotatable bonds is 11. The molecule has 0 bridgehead atoms. The van der Waals surface area contributed by atoms with E-state index in [1.165, 1.54) is 11.8 Å². The number of nitriles is 1. The van der Waals surface area contributed by atoms with Crippen LogP contribution in [0.25, 0.3) is 22.6 Å². The van der Waals surface area contributed by atoms with Gasteiger partial charge < -0.3 is 28.7 Å². The second-order valence-electron chi connectivity index (χ2n) is 8.79. The first kappa shape index (κ1) is 26.7. The first-order valence-electron chi connectivity index (χ1n) is 12.4. The molecule has 1 aliphatic heterocycles. The Balaban J connectivity index is 1.18. The number of hydrogen-bond donors (Lipinski definition) is 1. The number of aromatic nitrogens is 2. The van der Waals surface area contributed by atoms with E-state index in [2.05, 4.69) is 21.6 Å². The van der Waals surface area contributed by atoms with Crippen molar-refractivity contribution in [3.8, 4) is 40.1 Å². The zero-order chi connectivity index (χ0) is 27.0. The fraction of sp³-hybridized carbons (Fsp3) is 0.276. The molecule has 0 aliphatic carbocycles. The summed E-state index contributed by atoms with van der Waals surface area (Å²) in [5, 5.41) is 21.5. The van der Waals surface area contributed by atoms with Crippen LogP contribution in [0.3, 0.4) is 0 Å². The van der Waals surface area contributed by atoms with Crippen LogP contribution in [0.4, 0.5) is 0 Å². The van der Waals surface area contributed by atoms with Gasteiger partial charge in [-0.15, -0.1) is 10.2 Å². The molecule has 0 saturated carbocycles. The van der Waals surface area contributed by atoms with Crippen LogP contribution < -0.4 is 14.8 Å². The third-order valence-corrected chi connectivity index (χ3v) is 7.09. The lowest BCUT2D eigenvalue weighted by Crippen LogP contribution is -2.41. The maximum Gasteiger partial charge on any atom is 0.277 e. The van der Waals surface area contributed by atoms with Crippen molar-refractivity contribution in [1.29, 1.82) is 5.26 Å².